The Morgan fingerprint density at radius 3 is 2.92 bits per heavy atom. The maximum absolute atomic E-state index is 10.5. The summed E-state index contributed by atoms with van der Waals surface area (Å²) in [6.07, 6.45) is 1.56. The molecule has 3 N–H and O–H groups in total. The Kier molecular flexibility index (Phi) is 2.78. The number of aliphatic carboxylic acids is 1. The van der Waals surface area contributed by atoms with Crippen LogP contribution in [0.4, 0.5) is 0 Å². The van der Waals surface area contributed by atoms with Gasteiger partial charge in [-0.1, -0.05) is 6.07 Å². The van der Waals surface area contributed by atoms with Crippen LogP contribution in [0.3, 0.4) is 0 Å². The Morgan fingerprint density at radius 1 is 1.75 bits per heavy atom. The molecule has 0 saturated carbocycles. The van der Waals surface area contributed by atoms with E-state index < -0.39 is 12.0 Å². The van der Waals surface area contributed by atoms with Gasteiger partial charge in [0.2, 0.25) is 0 Å². The number of carboxylic acids is 1. The quantitative estimate of drug-likeness (QED) is 0.742. The molecular weight excluding hydrogens is 224 g/mol. The second-order valence-electron chi connectivity index (χ2n) is 2.20. The number of nitrogens with zero attached hydrogens (tertiary/aromatic N) is 1. The van der Waals surface area contributed by atoms with Crippen LogP contribution in [0, 0.1) is 0 Å². The fourth-order valence-corrected chi connectivity index (χ4v) is 1.26. The predicted octanol–water partition coefficient (Wildman–Crippen LogP) is 0.928. The summed E-state index contributed by atoms with van der Waals surface area (Å²) in [5.41, 5.74) is 5.85. The Bertz CT molecular complexity index is 303. The molecular formula is C7H7BrN2O2. The van der Waals surface area contributed by atoms with Crippen molar-refractivity contribution in [3.63, 3.8) is 0 Å². The molecule has 1 rings (SSSR count). The normalized spacial score (nSPS) is 12.5. The van der Waals surface area contributed by atoms with Gasteiger partial charge in [-0.25, -0.2) is 4.98 Å². The van der Waals surface area contributed by atoms with Crippen LogP contribution in [-0.2, 0) is 4.79 Å². The number of carbonyl (C=O) groups is 1. The van der Waals surface area contributed by atoms with Gasteiger partial charge < -0.3 is 10.8 Å². The zero-order valence-electron chi connectivity index (χ0n) is 6.07. The molecule has 0 aromatic carbocycles. The molecule has 0 aliphatic rings. The molecule has 1 atom stereocenters. The first-order valence-corrected chi connectivity index (χ1v) is 4.01. The van der Waals surface area contributed by atoms with E-state index in [2.05, 4.69) is 20.9 Å². The van der Waals surface area contributed by atoms with Crippen LogP contribution in [0.15, 0.2) is 22.9 Å². The predicted molar refractivity (Wildman–Crippen MR) is 46.5 cm³/mol. The van der Waals surface area contributed by atoms with Gasteiger partial charge >= 0.3 is 5.97 Å². The lowest BCUT2D eigenvalue weighted by molar-refractivity contribution is -0.138. The molecule has 0 fully saturated rings. The minimum absolute atomic E-state index is 0.472. The van der Waals surface area contributed by atoms with Crippen molar-refractivity contribution in [2.45, 2.75) is 6.04 Å². The lowest BCUT2D eigenvalue weighted by atomic mass is 10.1. The fraction of sp³-hybridized carbons (Fsp3) is 0.143. The maximum Gasteiger partial charge on any atom is 0.325 e. The van der Waals surface area contributed by atoms with E-state index in [0.29, 0.717) is 10.2 Å². The van der Waals surface area contributed by atoms with Crippen molar-refractivity contribution in [1.82, 2.24) is 4.98 Å². The van der Waals surface area contributed by atoms with Crippen LogP contribution in [-0.4, -0.2) is 16.1 Å². The maximum atomic E-state index is 10.5. The van der Waals surface area contributed by atoms with Gasteiger partial charge in [0.15, 0.2) is 0 Å². The average Bonchev–Trinajstić information content (AvgIpc) is 2.04. The molecule has 0 spiro atoms. The summed E-state index contributed by atoms with van der Waals surface area (Å²) >= 11 is 3.11. The number of hydrogen-bond acceptors (Lipinski definition) is 3. The number of pyridine rings is 1. The lowest BCUT2D eigenvalue weighted by Gasteiger charge is -2.06. The Balaban J connectivity index is 3.02. The highest BCUT2D eigenvalue weighted by atomic mass is 79.9. The zero-order chi connectivity index (χ0) is 9.14. The molecule has 1 aromatic rings. The van der Waals surface area contributed by atoms with Gasteiger partial charge in [0.1, 0.15) is 10.6 Å². The number of aromatic nitrogens is 1. The Morgan fingerprint density at radius 2 is 2.42 bits per heavy atom. The first kappa shape index (κ1) is 9.15. The van der Waals surface area contributed by atoms with Crippen molar-refractivity contribution in [3.8, 4) is 0 Å². The molecule has 12 heavy (non-hydrogen) atoms. The number of halogens is 1. The van der Waals surface area contributed by atoms with Crippen molar-refractivity contribution in [3.05, 3.63) is 28.5 Å². The van der Waals surface area contributed by atoms with Crippen molar-refractivity contribution >= 4 is 21.9 Å². The first-order chi connectivity index (χ1) is 5.63. The van der Waals surface area contributed by atoms with Crippen LogP contribution >= 0.6 is 15.9 Å². The summed E-state index contributed by atoms with van der Waals surface area (Å²) in [6, 6.07) is 2.24. The van der Waals surface area contributed by atoms with Crippen molar-refractivity contribution in [2.24, 2.45) is 5.73 Å². The van der Waals surface area contributed by atoms with E-state index in [0.717, 1.165) is 0 Å². The fourth-order valence-electron chi connectivity index (χ4n) is 0.763. The van der Waals surface area contributed by atoms with Crippen molar-refractivity contribution in [2.75, 3.05) is 0 Å². The SMILES string of the molecule is NC(C(=O)O)c1cccnc1Br. The molecule has 1 aromatic heterocycles. The van der Waals surface area contributed by atoms with Crippen LogP contribution in [0.2, 0.25) is 0 Å². The first-order valence-electron chi connectivity index (χ1n) is 3.21. The van der Waals surface area contributed by atoms with Crippen molar-refractivity contribution < 1.29 is 9.90 Å². The lowest BCUT2D eigenvalue weighted by Crippen LogP contribution is -2.21. The van der Waals surface area contributed by atoms with Crippen LogP contribution in [0.1, 0.15) is 11.6 Å². The molecule has 0 aliphatic heterocycles. The van der Waals surface area contributed by atoms with E-state index >= 15 is 0 Å². The minimum Gasteiger partial charge on any atom is -0.480 e. The number of nitrogens with two attached hydrogens (primary N) is 1. The van der Waals surface area contributed by atoms with Gasteiger partial charge in [-0.3, -0.25) is 4.79 Å². The minimum atomic E-state index is -1.07. The number of rotatable bonds is 2. The second-order valence-corrected chi connectivity index (χ2v) is 2.95. The topological polar surface area (TPSA) is 76.2 Å². The van der Waals surface area contributed by atoms with Gasteiger partial charge in [0.05, 0.1) is 0 Å². The van der Waals surface area contributed by atoms with Gasteiger partial charge in [-0.2, -0.15) is 0 Å². The van der Waals surface area contributed by atoms with E-state index in [9.17, 15) is 4.79 Å². The van der Waals surface area contributed by atoms with E-state index in [1.165, 1.54) is 0 Å². The number of carboxylic acid groups (broad SMARTS) is 1. The highest BCUT2D eigenvalue weighted by Crippen LogP contribution is 2.18. The van der Waals surface area contributed by atoms with Gasteiger partial charge in [0, 0.05) is 11.8 Å². The number of hydrogen-bond donors (Lipinski definition) is 2. The van der Waals surface area contributed by atoms with E-state index in [1.807, 2.05) is 0 Å². The summed E-state index contributed by atoms with van der Waals surface area (Å²) < 4.78 is 0.472. The van der Waals surface area contributed by atoms with Crippen LogP contribution < -0.4 is 5.73 Å². The molecule has 0 aliphatic carbocycles. The average molecular weight is 231 g/mol. The Labute approximate surface area is 77.5 Å². The molecule has 5 heteroatoms. The van der Waals surface area contributed by atoms with E-state index in [1.54, 1.807) is 18.3 Å². The van der Waals surface area contributed by atoms with E-state index in [-0.39, 0.29) is 0 Å². The molecule has 0 radical (unpaired) electrons. The standard InChI is InChI=1S/C7H7BrN2O2/c8-6-4(2-1-3-10-6)5(9)7(11)12/h1-3,5H,9H2,(H,11,12). The summed E-state index contributed by atoms with van der Waals surface area (Å²) in [5.74, 6) is -1.07. The third-order valence-electron chi connectivity index (χ3n) is 1.39. The second kappa shape index (κ2) is 3.64. The Hall–Kier alpha value is -0.940. The third kappa shape index (κ3) is 1.80. The smallest absolute Gasteiger partial charge is 0.325 e. The molecule has 1 heterocycles. The van der Waals surface area contributed by atoms with E-state index in [4.69, 9.17) is 10.8 Å². The molecule has 1 unspecified atom stereocenters. The summed E-state index contributed by atoms with van der Waals surface area (Å²) in [5, 5.41) is 8.59. The summed E-state index contributed by atoms with van der Waals surface area (Å²) in [7, 11) is 0. The largest absolute Gasteiger partial charge is 0.480 e. The van der Waals surface area contributed by atoms with Gasteiger partial charge in [-0.15, -0.1) is 0 Å². The molecule has 4 nitrogen and oxygen atoms in total. The molecule has 0 amide bonds. The monoisotopic (exact) mass is 230 g/mol. The van der Waals surface area contributed by atoms with Crippen LogP contribution in [0.25, 0.3) is 0 Å². The van der Waals surface area contributed by atoms with Gasteiger partial charge in [0.25, 0.3) is 0 Å². The zero-order valence-corrected chi connectivity index (χ0v) is 7.65. The summed E-state index contributed by atoms with van der Waals surface area (Å²) in [4.78, 5) is 14.3. The third-order valence-corrected chi connectivity index (χ3v) is 2.05. The molecule has 64 valence electrons. The molecule has 0 saturated heterocycles. The summed E-state index contributed by atoms with van der Waals surface area (Å²) in [6.45, 7) is 0. The van der Waals surface area contributed by atoms with Crippen molar-refractivity contribution in [1.29, 1.82) is 0 Å². The van der Waals surface area contributed by atoms with Gasteiger partial charge in [-0.05, 0) is 22.0 Å². The van der Waals surface area contributed by atoms with Crippen LogP contribution in [0.5, 0.6) is 0 Å². The highest BCUT2D eigenvalue weighted by Gasteiger charge is 2.16. The molecule has 0 bridgehead atoms. The highest BCUT2D eigenvalue weighted by molar-refractivity contribution is 9.10.